The van der Waals surface area contributed by atoms with Crippen LogP contribution in [-0.4, -0.2) is 11.1 Å². The molecule has 1 fully saturated rings. The van der Waals surface area contributed by atoms with Crippen LogP contribution in [0.3, 0.4) is 0 Å². The highest BCUT2D eigenvalue weighted by molar-refractivity contribution is 9.09. The van der Waals surface area contributed by atoms with E-state index in [-0.39, 0.29) is 0 Å². The largest absolute Gasteiger partial charge is 0.126 e. The van der Waals surface area contributed by atoms with Gasteiger partial charge in [0, 0.05) is 21.0 Å². The molecule has 17 heavy (non-hydrogen) atoms. The highest BCUT2D eigenvalue weighted by Gasteiger charge is 2.30. The fourth-order valence-electron chi connectivity index (χ4n) is 2.41. The van der Waals surface area contributed by atoms with E-state index in [4.69, 9.17) is 11.6 Å². The number of thioether (sulfide) groups is 1. The van der Waals surface area contributed by atoms with E-state index in [0.29, 0.717) is 5.41 Å². The molecule has 0 heterocycles. The molecule has 1 aliphatic carbocycles. The Morgan fingerprint density at radius 1 is 1.24 bits per heavy atom. The zero-order chi connectivity index (χ0) is 12.1. The van der Waals surface area contributed by atoms with Crippen molar-refractivity contribution in [2.45, 2.75) is 37.0 Å². The van der Waals surface area contributed by atoms with Crippen molar-refractivity contribution in [3.63, 3.8) is 0 Å². The van der Waals surface area contributed by atoms with Gasteiger partial charge in [-0.2, -0.15) is 0 Å². The van der Waals surface area contributed by atoms with Crippen LogP contribution in [0.4, 0.5) is 0 Å². The maximum Gasteiger partial charge on any atom is 0.0417 e. The van der Waals surface area contributed by atoms with Crippen molar-refractivity contribution in [2.24, 2.45) is 5.41 Å². The second-order valence-electron chi connectivity index (χ2n) is 4.94. The van der Waals surface area contributed by atoms with E-state index in [1.165, 1.54) is 42.8 Å². The monoisotopic (exact) mass is 332 g/mol. The molecule has 0 saturated heterocycles. The maximum atomic E-state index is 6.01. The number of rotatable bonds is 4. The molecule has 0 unspecified atom stereocenters. The van der Waals surface area contributed by atoms with Crippen LogP contribution in [0.1, 0.15) is 32.1 Å². The van der Waals surface area contributed by atoms with E-state index in [1.807, 2.05) is 23.9 Å². The average molecular weight is 334 g/mol. The van der Waals surface area contributed by atoms with Crippen LogP contribution in [0.5, 0.6) is 0 Å². The van der Waals surface area contributed by atoms with Crippen LogP contribution in [0.2, 0.25) is 5.02 Å². The summed E-state index contributed by atoms with van der Waals surface area (Å²) in [5.74, 6) is 1.21. The molecule has 0 bridgehead atoms. The molecule has 0 amide bonds. The summed E-state index contributed by atoms with van der Waals surface area (Å²) in [5.41, 5.74) is 0.505. The molecular formula is C14H18BrClS. The fourth-order valence-corrected chi connectivity index (χ4v) is 4.94. The maximum absolute atomic E-state index is 6.01. The Morgan fingerprint density at radius 3 is 2.65 bits per heavy atom. The summed E-state index contributed by atoms with van der Waals surface area (Å²) in [6.07, 6.45) is 6.93. The quantitative estimate of drug-likeness (QED) is 0.497. The second kappa shape index (κ2) is 6.49. The van der Waals surface area contributed by atoms with Crippen molar-refractivity contribution < 1.29 is 0 Å². The third kappa shape index (κ3) is 3.90. The predicted molar refractivity (Wildman–Crippen MR) is 81.5 cm³/mol. The second-order valence-corrected chi connectivity index (χ2v) is 6.99. The summed E-state index contributed by atoms with van der Waals surface area (Å²) in [6, 6.07) is 8.19. The van der Waals surface area contributed by atoms with E-state index in [9.17, 15) is 0 Å². The molecule has 94 valence electrons. The number of halogens is 2. The van der Waals surface area contributed by atoms with Crippen molar-refractivity contribution in [1.29, 1.82) is 0 Å². The van der Waals surface area contributed by atoms with Crippen molar-refractivity contribution in [2.75, 3.05) is 11.1 Å². The molecule has 1 aromatic rings. The zero-order valence-electron chi connectivity index (χ0n) is 9.92. The Labute approximate surface area is 122 Å². The molecule has 3 heteroatoms. The lowest BCUT2D eigenvalue weighted by Gasteiger charge is -2.35. The molecule has 0 aliphatic heterocycles. The average Bonchev–Trinajstić information content (AvgIpc) is 2.38. The van der Waals surface area contributed by atoms with Crippen LogP contribution in [0.25, 0.3) is 0 Å². The fraction of sp³-hybridized carbons (Fsp3) is 0.571. The lowest BCUT2D eigenvalue weighted by Crippen LogP contribution is -2.28. The standard InChI is InChI=1S/C14H18BrClS/c15-10-14(7-2-1-3-8-14)11-17-13-6-4-5-12(16)9-13/h4-6,9H,1-3,7-8,10-11H2. The summed E-state index contributed by atoms with van der Waals surface area (Å²) < 4.78 is 0. The molecular weight excluding hydrogens is 316 g/mol. The van der Waals surface area contributed by atoms with Gasteiger partial charge in [0.05, 0.1) is 0 Å². The van der Waals surface area contributed by atoms with Gasteiger partial charge in [-0.05, 0) is 36.5 Å². The van der Waals surface area contributed by atoms with Gasteiger partial charge >= 0.3 is 0 Å². The van der Waals surface area contributed by atoms with E-state index < -0.39 is 0 Å². The lowest BCUT2D eigenvalue weighted by atomic mass is 9.77. The number of hydrogen-bond donors (Lipinski definition) is 0. The summed E-state index contributed by atoms with van der Waals surface area (Å²) in [5, 5.41) is 1.97. The summed E-state index contributed by atoms with van der Waals surface area (Å²) in [4.78, 5) is 1.29. The number of benzene rings is 1. The number of hydrogen-bond acceptors (Lipinski definition) is 1. The first-order valence-corrected chi connectivity index (χ1v) is 8.67. The van der Waals surface area contributed by atoms with E-state index in [1.54, 1.807) is 0 Å². The first-order chi connectivity index (χ1) is 8.24. The smallest absolute Gasteiger partial charge is 0.0417 e. The Kier molecular flexibility index (Phi) is 5.25. The van der Waals surface area contributed by atoms with Gasteiger partial charge in [-0.1, -0.05) is 52.9 Å². The normalized spacial score (nSPS) is 19.2. The molecule has 0 nitrogen and oxygen atoms in total. The van der Waals surface area contributed by atoms with Crippen LogP contribution in [0, 0.1) is 5.41 Å². The highest BCUT2D eigenvalue weighted by atomic mass is 79.9. The van der Waals surface area contributed by atoms with Gasteiger partial charge in [0.1, 0.15) is 0 Å². The van der Waals surface area contributed by atoms with Crippen molar-refractivity contribution in [3.8, 4) is 0 Å². The Morgan fingerprint density at radius 2 is 2.00 bits per heavy atom. The molecule has 0 atom stereocenters. The highest BCUT2D eigenvalue weighted by Crippen LogP contribution is 2.42. The predicted octanol–water partition coefficient (Wildman–Crippen LogP) is 5.78. The SMILES string of the molecule is Clc1cccc(SCC2(CBr)CCCCC2)c1. The van der Waals surface area contributed by atoms with Crippen LogP contribution >= 0.6 is 39.3 Å². The van der Waals surface area contributed by atoms with Gasteiger partial charge in [-0.25, -0.2) is 0 Å². The van der Waals surface area contributed by atoms with Gasteiger partial charge in [-0.15, -0.1) is 11.8 Å². The van der Waals surface area contributed by atoms with Crippen LogP contribution in [0.15, 0.2) is 29.2 Å². The van der Waals surface area contributed by atoms with E-state index in [2.05, 4.69) is 28.1 Å². The molecule has 1 saturated carbocycles. The molecule has 0 aromatic heterocycles. The Bertz CT molecular complexity index is 361. The first kappa shape index (κ1) is 13.8. The zero-order valence-corrected chi connectivity index (χ0v) is 13.1. The minimum Gasteiger partial charge on any atom is -0.126 e. The molecule has 1 aromatic carbocycles. The van der Waals surface area contributed by atoms with Crippen molar-refractivity contribution in [3.05, 3.63) is 29.3 Å². The summed E-state index contributed by atoms with van der Waals surface area (Å²) in [7, 11) is 0. The van der Waals surface area contributed by atoms with Gasteiger partial charge in [0.15, 0.2) is 0 Å². The van der Waals surface area contributed by atoms with Gasteiger partial charge in [0.25, 0.3) is 0 Å². The third-order valence-electron chi connectivity index (χ3n) is 3.54. The van der Waals surface area contributed by atoms with Crippen LogP contribution in [-0.2, 0) is 0 Å². The Balaban J connectivity index is 1.95. The summed E-state index contributed by atoms with van der Waals surface area (Å²) in [6.45, 7) is 0. The van der Waals surface area contributed by atoms with Gasteiger partial charge < -0.3 is 0 Å². The molecule has 0 spiro atoms. The molecule has 0 N–H and O–H groups in total. The summed E-state index contributed by atoms with van der Waals surface area (Å²) >= 11 is 11.7. The first-order valence-electron chi connectivity index (χ1n) is 6.18. The lowest BCUT2D eigenvalue weighted by molar-refractivity contribution is 0.260. The minimum atomic E-state index is 0.505. The van der Waals surface area contributed by atoms with E-state index in [0.717, 1.165) is 10.4 Å². The third-order valence-corrected chi connectivity index (χ3v) is 6.31. The van der Waals surface area contributed by atoms with Crippen molar-refractivity contribution >= 4 is 39.3 Å². The van der Waals surface area contributed by atoms with Gasteiger partial charge in [0.2, 0.25) is 0 Å². The topological polar surface area (TPSA) is 0 Å². The van der Waals surface area contributed by atoms with Gasteiger partial charge in [-0.3, -0.25) is 0 Å². The van der Waals surface area contributed by atoms with Crippen molar-refractivity contribution in [1.82, 2.24) is 0 Å². The van der Waals surface area contributed by atoms with Crippen LogP contribution < -0.4 is 0 Å². The number of alkyl halides is 1. The molecule has 2 rings (SSSR count). The molecule has 1 aliphatic rings. The molecule has 0 radical (unpaired) electrons. The minimum absolute atomic E-state index is 0.505. The Hall–Kier alpha value is 0.340. The van der Waals surface area contributed by atoms with E-state index >= 15 is 0 Å².